The fourth-order valence-corrected chi connectivity index (χ4v) is 1.53. The molecule has 0 heterocycles. The van der Waals surface area contributed by atoms with E-state index in [-0.39, 0.29) is 19.6 Å². The van der Waals surface area contributed by atoms with Crippen molar-refractivity contribution in [2.45, 2.75) is 19.0 Å². The maximum absolute atomic E-state index is 11.5. The Bertz CT molecular complexity index is 525. The van der Waals surface area contributed by atoms with E-state index in [1.165, 1.54) is 0 Å². The summed E-state index contributed by atoms with van der Waals surface area (Å²) in [5, 5.41) is 31.0. The van der Waals surface area contributed by atoms with Gasteiger partial charge in [0.05, 0.1) is 11.6 Å². The number of carbonyl (C=O) groups is 2. The molecule has 0 aliphatic rings. The molecule has 2 amide bonds. The lowest BCUT2D eigenvalue weighted by Gasteiger charge is -2.14. The average Bonchev–Trinajstić information content (AvgIpc) is 2.44. The highest BCUT2D eigenvalue weighted by atomic mass is 16.4. The van der Waals surface area contributed by atoms with Gasteiger partial charge in [-0.1, -0.05) is 12.1 Å². The number of carboxylic acid groups (broad SMARTS) is 1. The van der Waals surface area contributed by atoms with Crippen LogP contribution in [0.4, 0.5) is 4.79 Å². The first-order chi connectivity index (χ1) is 9.56. The van der Waals surface area contributed by atoms with Gasteiger partial charge in [0.15, 0.2) is 0 Å². The summed E-state index contributed by atoms with van der Waals surface area (Å²) in [6.07, 6.45) is -0.0628. The summed E-state index contributed by atoms with van der Waals surface area (Å²) in [6, 6.07) is 6.91. The van der Waals surface area contributed by atoms with Gasteiger partial charge in [-0.25, -0.2) is 9.59 Å². The molecule has 1 aromatic rings. The van der Waals surface area contributed by atoms with Crippen LogP contribution < -0.4 is 10.6 Å². The van der Waals surface area contributed by atoms with Gasteiger partial charge in [0.2, 0.25) is 0 Å². The predicted molar refractivity (Wildman–Crippen MR) is 69.7 cm³/mol. The van der Waals surface area contributed by atoms with Crippen LogP contribution >= 0.6 is 0 Å². The molecule has 0 aliphatic carbocycles. The van der Waals surface area contributed by atoms with Crippen LogP contribution in [0, 0.1) is 11.3 Å². The lowest BCUT2D eigenvalue weighted by Crippen LogP contribution is -2.46. The zero-order valence-electron chi connectivity index (χ0n) is 10.7. The van der Waals surface area contributed by atoms with E-state index in [1.54, 1.807) is 24.3 Å². The molecule has 0 spiro atoms. The minimum atomic E-state index is -1.21. The van der Waals surface area contributed by atoms with Crippen LogP contribution in [-0.2, 0) is 11.3 Å². The number of nitriles is 1. The number of hydrogen-bond acceptors (Lipinski definition) is 4. The molecule has 0 unspecified atom stereocenters. The molecular formula is C13H15N3O4. The predicted octanol–water partition coefficient (Wildman–Crippen LogP) is 0.193. The van der Waals surface area contributed by atoms with E-state index in [1.807, 2.05) is 6.07 Å². The summed E-state index contributed by atoms with van der Waals surface area (Å²) in [7, 11) is 0. The van der Waals surface area contributed by atoms with Crippen molar-refractivity contribution in [3.05, 3.63) is 35.4 Å². The lowest BCUT2D eigenvalue weighted by molar-refractivity contribution is -0.139. The monoisotopic (exact) mass is 277 g/mol. The molecule has 7 nitrogen and oxygen atoms in total. The Balaban J connectivity index is 2.50. The Labute approximate surface area is 115 Å². The van der Waals surface area contributed by atoms with Crippen LogP contribution in [0.2, 0.25) is 0 Å². The number of carboxylic acids is 1. The minimum Gasteiger partial charge on any atom is -0.480 e. The van der Waals surface area contributed by atoms with E-state index >= 15 is 0 Å². The van der Waals surface area contributed by atoms with Crippen molar-refractivity contribution in [3.8, 4) is 6.07 Å². The van der Waals surface area contributed by atoms with Crippen molar-refractivity contribution < 1.29 is 19.8 Å². The number of benzene rings is 1. The van der Waals surface area contributed by atoms with E-state index in [2.05, 4.69) is 10.6 Å². The molecule has 0 fully saturated rings. The van der Waals surface area contributed by atoms with E-state index < -0.39 is 18.0 Å². The van der Waals surface area contributed by atoms with Crippen LogP contribution in [0.5, 0.6) is 0 Å². The highest BCUT2D eigenvalue weighted by molar-refractivity contribution is 5.82. The van der Waals surface area contributed by atoms with Gasteiger partial charge in [0.1, 0.15) is 6.04 Å². The molecule has 0 radical (unpaired) electrons. The third-order valence-electron chi connectivity index (χ3n) is 2.53. The number of urea groups is 1. The number of hydrogen-bond donors (Lipinski definition) is 4. The summed E-state index contributed by atoms with van der Waals surface area (Å²) in [4.78, 5) is 22.3. The molecule has 106 valence electrons. The van der Waals surface area contributed by atoms with Crippen molar-refractivity contribution in [3.63, 3.8) is 0 Å². The number of carbonyl (C=O) groups excluding carboxylic acids is 1. The Kier molecular flexibility index (Phi) is 6.00. The maximum Gasteiger partial charge on any atom is 0.326 e. The molecule has 0 bridgehead atoms. The molecule has 20 heavy (non-hydrogen) atoms. The van der Waals surface area contributed by atoms with Crippen LogP contribution in [0.1, 0.15) is 17.5 Å². The highest BCUT2D eigenvalue weighted by Crippen LogP contribution is 2.03. The van der Waals surface area contributed by atoms with Gasteiger partial charge >= 0.3 is 12.0 Å². The lowest BCUT2D eigenvalue weighted by atomic mass is 10.1. The summed E-state index contributed by atoms with van der Waals surface area (Å²) in [5.74, 6) is -1.21. The number of aliphatic hydroxyl groups excluding tert-OH is 1. The quantitative estimate of drug-likeness (QED) is 0.591. The molecule has 1 aromatic carbocycles. The largest absolute Gasteiger partial charge is 0.480 e. The molecule has 0 aromatic heterocycles. The minimum absolute atomic E-state index is 0.0628. The van der Waals surface area contributed by atoms with E-state index in [9.17, 15) is 9.59 Å². The number of rotatable bonds is 6. The first-order valence-corrected chi connectivity index (χ1v) is 5.94. The summed E-state index contributed by atoms with van der Waals surface area (Å²) >= 11 is 0. The first-order valence-electron chi connectivity index (χ1n) is 5.94. The number of nitrogens with zero attached hydrogens (tertiary/aromatic N) is 1. The Morgan fingerprint density at radius 2 is 2.15 bits per heavy atom. The molecule has 0 aliphatic heterocycles. The standard InChI is InChI=1S/C13H15N3O4/c14-7-9-2-1-3-10(6-9)8-15-13(20)16-11(4-5-17)12(18)19/h1-3,6,11,17H,4-5,8H2,(H,18,19)(H2,15,16,20)/t11-/m0/s1. The third-order valence-corrected chi connectivity index (χ3v) is 2.53. The van der Waals surface area contributed by atoms with Gasteiger partial charge in [-0.2, -0.15) is 5.26 Å². The van der Waals surface area contributed by atoms with Crippen molar-refractivity contribution in [2.75, 3.05) is 6.61 Å². The van der Waals surface area contributed by atoms with Gasteiger partial charge in [0, 0.05) is 19.6 Å². The molecular weight excluding hydrogens is 262 g/mol. The van der Waals surface area contributed by atoms with E-state index in [4.69, 9.17) is 15.5 Å². The third kappa shape index (κ3) is 4.96. The Morgan fingerprint density at radius 1 is 1.40 bits per heavy atom. The summed E-state index contributed by atoms with van der Waals surface area (Å²) in [5.41, 5.74) is 1.21. The van der Waals surface area contributed by atoms with Gasteiger partial charge in [-0.15, -0.1) is 0 Å². The maximum atomic E-state index is 11.5. The number of aliphatic carboxylic acids is 1. The first kappa shape index (κ1) is 15.5. The topological polar surface area (TPSA) is 122 Å². The second-order valence-corrected chi connectivity index (χ2v) is 4.04. The molecule has 4 N–H and O–H groups in total. The van der Waals surface area contributed by atoms with Gasteiger partial charge < -0.3 is 20.8 Å². The number of amides is 2. The van der Waals surface area contributed by atoms with Crippen molar-refractivity contribution >= 4 is 12.0 Å². The van der Waals surface area contributed by atoms with Crippen molar-refractivity contribution in [1.82, 2.24) is 10.6 Å². The van der Waals surface area contributed by atoms with Crippen LogP contribution in [-0.4, -0.2) is 34.9 Å². The SMILES string of the molecule is N#Cc1cccc(CNC(=O)N[C@@H](CCO)C(=O)O)c1. The number of nitrogens with one attached hydrogen (secondary N) is 2. The van der Waals surface area contributed by atoms with E-state index in [0.29, 0.717) is 5.56 Å². The second kappa shape index (κ2) is 7.76. The van der Waals surface area contributed by atoms with Crippen molar-refractivity contribution in [1.29, 1.82) is 5.26 Å². The van der Waals surface area contributed by atoms with Crippen molar-refractivity contribution in [2.24, 2.45) is 0 Å². The van der Waals surface area contributed by atoms with Crippen LogP contribution in [0.3, 0.4) is 0 Å². The fraction of sp³-hybridized carbons (Fsp3) is 0.308. The Hall–Kier alpha value is -2.59. The van der Waals surface area contributed by atoms with Gasteiger partial charge in [-0.05, 0) is 17.7 Å². The fourth-order valence-electron chi connectivity index (χ4n) is 1.53. The van der Waals surface area contributed by atoms with Gasteiger partial charge in [0.25, 0.3) is 0 Å². The summed E-state index contributed by atoms with van der Waals surface area (Å²) < 4.78 is 0. The van der Waals surface area contributed by atoms with E-state index in [0.717, 1.165) is 5.56 Å². The smallest absolute Gasteiger partial charge is 0.326 e. The molecule has 1 atom stereocenters. The normalized spacial score (nSPS) is 11.2. The summed E-state index contributed by atoms with van der Waals surface area (Å²) in [6.45, 7) is -0.158. The highest BCUT2D eigenvalue weighted by Gasteiger charge is 2.18. The van der Waals surface area contributed by atoms with Crippen LogP contribution in [0.25, 0.3) is 0 Å². The molecule has 1 rings (SSSR count). The molecule has 0 saturated heterocycles. The molecule has 7 heteroatoms. The zero-order valence-corrected chi connectivity index (χ0v) is 10.7. The molecule has 0 saturated carbocycles. The van der Waals surface area contributed by atoms with Gasteiger partial charge in [-0.3, -0.25) is 0 Å². The second-order valence-electron chi connectivity index (χ2n) is 4.04. The number of aliphatic hydroxyl groups is 1. The van der Waals surface area contributed by atoms with Crippen LogP contribution in [0.15, 0.2) is 24.3 Å². The average molecular weight is 277 g/mol. The zero-order chi connectivity index (χ0) is 15.0. The Morgan fingerprint density at radius 3 is 2.75 bits per heavy atom.